The highest BCUT2D eigenvalue weighted by Crippen LogP contribution is 2.72. The third-order valence-corrected chi connectivity index (χ3v) is 6.87. The predicted molar refractivity (Wildman–Crippen MR) is 101 cm³/mol. The van der Waals surface area contributed by atoms with Gasteiger partial charge in [0.15, 0.2) is 6.10 Å². The number of fused-ring (bicyclic) bond motifs is 1. The minimum atomic E-state index is -1.48. The van der Waals surface area contributed by atoms with Crippen LogP contribution in [0.5, 0.6) is 0 Å². The van der Waals surface area contributed by atoms with Crippen LogP contribution in [0.2, 0.25) is 0 Å². The molecule has 6 rings (SSSR count). The first-order valence-electron chi connectivity index (χ1n) is 9.94. The smallest absolute Gasteiger partial charge is 0.342 e. The van der Waals surface area contributed by atoms with E-state index in [9.17, 15) is 9.59 Å². The Balaban J connectivity index is 1.61. The van der Waals surface area contributed by atoms with Gasteiger partial charge in [-0.05, 0) is 5.56 Å². The predicted octanol–water partition coefficient (Wildman–Crippen LogP) is 1.37. The number of hydrogen-bond acceptors (Lipinski definition) is 8. The molecule has 0 aromatic heterocycles. The molecule has 3 aliphatic carbocycles. The fraction of sp³-hybridized carbons (Fsp3) is 0.545. The van der Waals surface area contributed by atoms with Crippen LogP contribution in [-0.2, 0) is 44.6 Å². The van der Waals surface area contributed by atoms with Crippen molar-refractivity contribution < 1.29 is 38.0 Å². The Morgan fingerprint density at radius 1 is 1.20 bits per heavy atom. The molecule has 2 saturated heterocycles. The van der Waals surface area contributed by atoms with Crippen molar-refractivity contribution in [1.29, 1.82) is 0 Å². The lowest BCUT2D eigenvalue weighted by Gasteiger charge is -2.61. The number of epoxide rings is 1. The molecule has 1 saturated carbocycles. The van der Waals surface area contributed by atoms with Crippen molar-refractivity contribution in [2.24, 2.45) is 11.3 Å². The average Bonchev–Trinajstić information content (AvgIpc) is 3.52. The lowest BCUT2D eigenvalue weighted by atomic mass is 9.51. The van der Waals surface area contributed by atoms with Crippen LogP contribution in [-0.4, -0.2) is 62.5 Å². The average molecular weight is 416 g/mol. The molecule has 3 fully saturated rings. The number of carbonyl (C=O) groups is 2. The summed E-state index contributed by atoms with van der Waals surface area (Å²) < 4.78 is 35.4. The first-order valence-corrected chi connectivity index (χ1v) is 9.94. The third kappa shape index (κ3) is 2.19. The minimum absolute atomic E-state index is 0.000233. The highest BCUT2D eigenvalue weighted by atomic mass is 16.7. The first-order chi connectivity index (χ1) is 14.5. The molecule has 2 aliphatic heterocycles. The Morgan fingerprint density at radius 2 is 1.93 bits per heavy atom. The Morgan fingerprint density at radius 3 is 2.60 bits per heavy atom. The lowest BCUT2D eigenvalue weighted by Crippen LogP contribution is -2.79. The van der Waals surface area contributed by atoms with Crippen molar-refractivity contribution in [3.8, 4) is 0 Å². The zero-order chi connectivity index (χ0) is 21.1. The van der Waals surface area contributed by atoms with Gasteiger partial charge in [-0.15, -0.1) is 0 Å². The maximum Gasteiger partial charge on any atom is 0.342 e. The zero-order valence-electron chi connectivity index (χ0n) is 17.0. The van der Waals surface area contributed by atoms with Crippen LogP contribution in [0.25, 0.3) is 0 Å². The highest BCUT2D eigenvalue weighted by molar-refractivity contribution is 5.88. The highest BCUT2D eigenvalue weighted by Gasteiger charge is 2.92. The summed E-state index contributed by atoms with van der Waals surface area (Å²) in [5, 5.41) is 0. The summed E-state index contributed by atoms with van der Waals surface area (Å²) in [6.07, 6.45) is 1.85. The van der Waals surface area contributed by atoms with E-state index in [4.69, 9.17) is 28.4 Å². The van der Waals surface area contributed by atoms with Gasteiger partial charge in [0.25, 0.3) is 0 Å². The number of ether oxygens (including phenoxy) is 6. The van der Waals surface area contributed by atoms with Gasteiger partial charge in [0, 0.05) is 27.1 Å². The van der Waals surface area contributed by atoms with E-state index in [-0.39, 0.29) is 6.61 Å². The standard InChI is InChI=1S/C22H24O8/c1-13(23)29-18-15-9-10-20(22(18,25-2)26-3)16(27-11-14-7-5-4-6-8-14)12-28-19(24)21(20)17(15)30-21/h4-10,15-18H,11-12H2,1-3H3. The van der Waals surface area contributed by atoms with E-state index in [0.29, 0.717) is 6.61 Å². The molecule has 6 unspecified atom stereocenters. The van der Waals surface area contributed by atoms with E-state index in [2.05, 4.69) is 0 Å². The van der Waals surface area contributed by atoms with Crippen molar-refractivity contribution in [3.05, 3.63) is 48.0 Å². The van der Waals surface area contributed by atoms with Gasteiger partial charge in [0.05, 0.1) is 6.61 Å². The Kier molecular flexibility index (Phi) is 4.34. The Bertz CT molecular complexity index is 894. The number of cyclic esters (lactones) is 1. The van der Waals surface area contributed by atoms with Crippen LogP contribution >= 0.6 is 0 Å². The number of methoxy groups -OCH3 is 2. The van der Waals surface area contributed by atoms with E-state index in [1.807, 2.05) is 42.5 Å². The molecule has 2 spiro atoms. The van der Waals surface area contributed by atoms with Gasteiger partial charge in [0.1, 0.15) is 24.2 Å². The molecular formula is C22H24O8. The van der Waals surface area contributed by atoms with E-state index in [0.717, 1.165) is 5.56 Å². The molecule has 2 bridgehead atoms. The molecule has 0 radical (unpaired) electrons. The van der Waals surface area contributed by atoms with Crippen LogP contribution in [0.4, 0.5) is 0 Å². The fourth-order valence-electron chi connectivity index (χ4n) is 5.69. The molecule has 160 valence electrons. The second-order valence-corrected chi connectivity index (χ2v) is 8.07. The van der Waals surface area contributed by atoms with Crippen LogP contribution in [0.3, 0.4) is 0 Å². The molecule has 5 aliphatic rings. The summed E-state index contributed by atoms with van der Waals surface area (Å²) in [6.45, 7) is 1.63. The number of esters is 2. The van der Waals surface area contributed by atoms with Crippen LogP contribution in [0.15, 0.2) is 42.5 Å². The van der Waals surface area contributed by atoms with Crippen molar-refractivity contribution in [3.63, 3.8) is 0 Å². The number of hydrogen-bond donors (Lipinski definition) is 0. The van der Waals surface area contributed by atoms with Crippen molar-refractivity contribution in [2.45, 2.75) is 43.2 Å². The van der Waals surface area contributed by atoms with E-state index in [1.54, 1.807) is 0 Å². The van der Waals surface area contributed by atoms with Gasteiger partial charge in [-0.25, -0.2) is 4.79 Å². The topological polar surface area (TPSA) is 92.8 Å². The molecule has 0 N–H and O–H groups in total. The van der Waals surface area contributed by atoms with Crippen molar-refractivity contribution >= 4 is 11.9 Å². The normalized spacial score (nSPS) is 39.6. The Hall–Kier alpha value is -2.26. The van der Waals surface area contributed by atoms with Gasteiger partial charge >= 0.3 is 11.9 Å². The summed E-state index contributed by atoms with van der Waals surface area (Å²) in [6, 6.07) is 9.69. The number of carbonyl (C=O) groups excluding carboxylic acids is 2. The van der Waals surface area contributed by atoms with E-state index < -0.39 is 53.0 Å². The zero-order valence-corrected chi connectivity index (χ0v) is 17.0. The molecular weight excluding hydrogens is 392 g/mol. The molecule has 30 heavy (non-hydrogen) atoms. The fourth-order valence-corrected chi connectivity index (χ4v) is 5.69. The lowest BCUT2D eigenvalue weighted by molar-refractivity contribution is -0.364. The van der Waals surface area contributed by atoms with Crippen LogP contribution < -0.4 is 0 Å². The summed E-state index contributed by atoms with van der Waals surface area (Å²) in [7, 11) is 2.95. The summed E-state index contributed by atoms with van der Waals surface area (Å²) in [5.74, 6) is -2.83. The number of benzene rings is 1. The first kappa shape index (κ1) is 19.7. The minimum Gasteiger partial charge on any atom is -0.461 e. The largest absolute Gasteiger partial charge is 0.461 e. The van der Waals surface area contributed by atoms with Gasteiger partial charge in [0.2, 0.25) is 11.4 Å². The number of rotatable bonds is 6. The molecule has 8 heteroatoms. The summed E-state index contributed by atoms with van der Waals surface area (Å²) in [4.78, 5) is 24.9. The van der Waals surface area contributed by atoms with Crippen molar-refractivity contribution in [2.75, 3.05) is 20.8 Å². The molecule has 6 atom stereocenters. The quantitative estimate of drug-likeness (QED) is 0.297. The summed E-state index contributed by atoms with van der Waals surface area (Å²) in [5.41, 5.74) is -1.51. The van der Waals surface area contributed by atoms with Crippen LogP contribution in [0, 0.1) is 11.3 Å². The maximum atomic E-state index is 13.0. The van der Waals surface area contributed by atoms with Gasteiger partial charge in [-0.3, -0.25) is 4.79 Å². The van der Waals surface area contributed by atoms with Gasteiger partial charge in [-0.1, -0.05) is 42.5 Å². The van der Waals surface area contributed by atoms with E-state index in [1.165, 1.54) is 21.1 Å². The van der Waals surface area contributed by atoms with Crippen LogP contribution in [0.1, 0.15) is 12.5 Å². The third-order valence-electron chi connectivity index (χ3n) is 6.87. The second-order valence-electron chi connectivity index (χ2n) is 8.07. The van der Waals surface area contributed by atoms with Crippen molar-refractivity contribution in [1.82, 2.24) is 0 Å². The Labute approximate surface area is 174 Å². The van der Waals surface area contributed by atoms with Gasteiger partial charge < -0.3 is 28.4 Å². The summed E-state index contributed by atoms with van der Waals surface area (Å²) >= 11 is 0. The van der Waals surface area contributed by atoms with E-state index >= 15 is 0 Å². The van der Waals surface area contributed by atoms with Gasteiger partial charge in [-0.2, -0.15) is 0 Å². The molecule has 8 nitrogen and oxygen atoms in total. The molecule has 2 heterocycles. The SMILES string of the molecule is COC1(OC)C(OC(C)=O)C2C=CC13C(OCc1ccccc1)COC(=O)C31OC21. The second kappa shape index (κ2) is 6.62. The maximum absolute atomic E-state index is 13.0. The molecule has 1 aromatic carbocycles. The molecule has 0 amide bonds. The monoisotopic (exact) mass is 416 g/mol. The molecule has 1 aromatic rings.